The molecule has 0 aromatic heterocycles. The molecule has 0 saturated heterocycles. The van der Waals surface area contributed by atoms with Gasteiger partial charge in [-0.3, -0.25) is 0 Å². The molecular formula is C11H24Si+. The van der Waals surface area contributed by atoms with Gasteiger partial charge >= 0.3 is 8.80 Å². The molecule has 0 aliphatic heterocycles. The summed E-state index contributed by atoms with van der Waals surface area (Å²) in [5.74, 6) is 0. The van der Waals surface area contributed by atoms with E-state index in [1.807, 2.05) is 0 Å². The van der Waals surface area contributed by atoms with Gasteiger partial charge in [-0.05, 0) is 0 Å². The number of rotatable bonds is 1. The lowest BCUT2D eigenvalue weighted by atomic mass is 10.2. The quantitative estimate of drug-likeness (QED) is 0.422. The molecule has 0 amide bonds. The molecule has 0 heterocycles. The minimum absolute atomic E-state index is 0.376. The van der Waals surface area contributed by atoms with Crippen molar-refractivity contribution in [1.82, 2.24) is 0 Å². The lowest BCUT2D eigenvalue weighted by Gasteiger charge is -2.32. The van der Waals surface area contributed by atoms with Gasteiger partial charge in [0.1, 0.15) is 0 Å². The van der Waals surface area contributed by atoms with Crippen molar-refractivity contribution in [2.75, 3.05) is 0 Å². The summed E-state index contributed by atoms with van der Waals surface area (Å²) < 4.78 is 0. The van der Waals surface area contributed by atoms with Crippen molar-refractivity contribution < 1.29 is 0 Å². The van der Waals surface area contributed by atoms with E-state index in [9.17, 15) is 0 Å². The van der Waals surface area contributed by atoms with Gasteiger partial charge in [0, 0.05) is 15.6 Å². The highest BCUT2D eigenvalue weighted by Gasteiger charge is 2.49. The molecule has 12 heavy (non-hydrogen) atoms. The molecule has 0 N–H and O–H groups in total. The Kier molecular flexibility index (Phi) is 3.47. The molecule has 0 rings (SSSR count). The highest BCUT2D eigenvalue weighted by molar-refractivity contribution is 6.70. The van der Waals surface area contributed by atoms with Crippen LogP contribution in [-0.4, -0.2) is 8.80 Å². The van der Waals surface area contributed by atoms with Gasteiger partial charge in [-0.25, -0.2) is 0 Å². The Hall–Kier alpha value is 0.0869. The third-order valence-electron chi connectivity index (χ3n) is 2.00. The zero-order valence-corrected chi connectivity index (χ0v) is 11.0. The average Bonchev–Trinajstić information content (AvgIpc) is 1.49. The van der Waals surface area contributed by atoms with Crippen molar-refractivity contribution in [2.45, 2.75) is 65.5 Å². The fourth-order valence-corrected chi connectivity index (χ4v) is 7.88. The first kappa shape index (κ1) is 12.1. The Labute approximate surface area is 80.4 Å². The first-order chi connectivity index (χ1) is 5.07. The summed E-state index contributed by atoms with van der Waals surface area (Å²) >= 11 is 0. The average molecular weight is 184 g/mol. The van der Waals surface area contributed by atoms with E-state index in [2.05, 4.69) is 55.4 Å². The van der Waals surface area contributed by atoms with E-state index in [0.29, 0.717) is 10.1 Å². The molecule has 0 aliphatic carbocycles. The second kappa shape index (κ2) is 3.45. The first-order valence-electron chi connectivity index (χ1n) is 4.75. The van der Waals surface area contributed by atoms with Gasteiger partial charge < -0.3 is 0 Å². The van der Waals surface area contributed by atoms with E-state index in [1.165, 1.54) is 0 Å². The van der Waals surface area contributed by atoms with Crippen LogP contribution in [0.15, 0.2) is 0 Å². The molecule has 0 atom stereocenters. The predicted molar refractivity (Wildman–Crippen MR) is 59.8 cm³/mol. The second-order valence-electron chi connectivity index (χ2n) is 5.88. The molecule has 71 valence electrons. The van der Waals surface area contributed by atoms with Crippen LogP contribution in [0, 0.1) is 5.54 Å². The molecule has 0 aromatic carbocycles. The SMILES string of the molecule is C[C+](C)[Si](C(C)(C)C)C(C)(C)C. The molecule has 0 fully saturated rings. The van der Waals surface area contributed by atoms with Gasteiger partial charge in [0.2, 0.25) is 0 Å². The normalized spacial score (nSPS) is 13.8. The van der Waals surface area contributed by atoms with Gasteiger partial charge in [-0.2, -0.15) is 0 Å². The Morgan fingerprint density at radius 2 is 1.00 bits per heavy atom. The van der Waals surface area contributed by atoms with Crippen LogP contribution in [0.2, 0.25) is 10.1 Å². The Morgan fingerprint density at radius 1 is 0.750 bits per heavy atom. The zero-order chi connectivity index (χ0) is 10.2. The van der Waals surface area contributed by atoms with E-state index in [1.54, 1.807) is 5.54 Å². The van der Waals surface area contributed by atoms with Crippen molar-refractivity contribution in [3.63, 3.8) is 0 Å². The van der Waals surface area contributed by atoms with Crippen LogP contribution in [-0.2, 0) is 0 Å². The molecular weight excluding hydrogens is 160 g/mol. The van der Waals surface area contributed by atoms with Crippen LogP contribution in [0.1, 0.15) is 55.4 Å². The fraction of sp³-hybridized carbons (Fsp3) is 0.909. The van der Waals surface area contributed by atoms with Crippen molar-refractivity contribution in [1.29, 1.82) is 0 Å². The van der Waals surface area contributed by atoms with Crippen molar-refractivity contribution >= 4 is 8.80 Å². The van der Waals surface area contributed by atoms with E-state index in [4.69, 9.17) is 0 Å². The van der Waals surface area contributed by atoms with E-state index < -0.39 is 0 Å². The second-order valence-corrected chi connectivity index (χ2v) is 10.6. The summed E-state index contributed by atoms with van der Waals surface area (Å²) in [5.41, 5.74) is 1.65. The molecule has 0 unspecified atom stereocenters. The largest absolute Gasteiger partial charge is 0.320 e. The predicted octanol–water partition coefficient (Wildman–Crippen LogP) is 4.23. The number of hydrogen-bond acceptors (Lipinski definition) is 0. The Morgan fingerprint density at radius 3 is 1.00 bits per heavy atom. The smallest absolute Gasteiger partial charge is 0.0587 e. The fourth-order valence-electron chi connectivity index (χ4n) is 2.62. The van der Waals surface area contributed by atoms with Gasteiger partial charge in [0.05, 0.1) is 13.8 Å². The third-order valence-corrected chi connectivity index (χ3v) is 6.00. The minimum Gasteiger partial charge on any atom is -0.0587 e. The standard InChI is InChI=1S/C11H24Si/c1-9(2)12(10(3,4)5)11(6,7)8/h1-8H3/q+1. The molecule has 1 radical (unpaired) electrons. The molecule has 0 bridgehead atoms. The van der Waals surface area contributed by atoms with Gasteiger partial charge in [-0.15, -0.1) is 0 Å². The highest BCUT2D eigenvalue weighted by Crippen LogP contribution is 2.45. The number of hydrogen-bond donors (Lipinski definition) is 0. The lowest BCUT2D eigenvalue weighted by molar-refractivity contribution is 0.639. The topological polar surface area (TPSA) is 0 Å². The summed E-state index contributed by atoms with van der Waals surface area (Å²) in [5, 5.41) is 0.976. The Bertz CT molecular complexity index is 120. The van der Waals surface area contributed by atoms with Crippen LogP contribution in [0.4, 0.5) is 0 Å². The first-order valence-corrected chi connectivity index (χ1v) is 6.25. The van der Waals surface area contributed by atoms with Gasteiger partial charge in [0.15, 0.2) is 0 Å². The van der Waals surface area contributed by atoms with Crippen LogP contribution >= 0.6 is 0 Å². The molecule has 0 aromatic rings. The van der Waals surface area contributed by atoms with Crippen LogP contribution in [0.5, 0.6) is 0 Å². The molecule has 0 nitrogen and oxygen atoms in total. The van der Waals surface area contributed by atoms with Crippen molar-refractivity contribution in [3.8, 4) is 0 Å². The van der Waals surface area contributed by atoms with Crippen molar-refractivity contribution in [2.24, 2.45) is 0 Å². The summed E-state index contributed by atoms with van der Waals surface area (Å²) in [6.07, 6.45) is 0. The third kappa shape index (κ3) is 3.22. The van der Waals surface area contributed by atoms with Crippen molar-refractivity contribution in [3.05, 3.63) is 5.54 Å². The van der Waals surface area contributed by atoms with Crippen LogP contribution in [0.3, 0.4) is 0 Å². The van der Waals surface area contributed by atoms with Gasteiger partial charge in [-0.1, -0.05) is 41.5 Å². The monoisotopic (exact) mass is 184 g/mol. The minimum atomic E-state index is -0.376. The molecule has 1 heteroatoms. The van der Waals surface area contributed by atoms with E-state index >= 15 is 0 Å². The maximum absolute atomic E-state index is 2.37. The summed E-state index contributed by atoms with van der Waals surface area (Å²) in [6.45, 7) is 18.8. The summed E-state index contributed by atoms with van der Waals surface area (Å²) in [4.78, 5) is 0. The van der Waals surface area contributed by atoms with Crippen LogP contribution < -0.4 is 0 Å². The van der Waals surface area contributed by atoms with E-state index in [-0.39, 0.29) is 8.80 Å². The maximum atomic E-state index is 2.37. The highest BCUT2D eigenvalue weighted by atomic mass is 28.3. The molecule has 0 saturated carbocycles. The van der Waals surface area contributed by atoms with Gasteiger partial charge in [0.25, 0.3) is 0 Å². The summed E-state index contributed by atoms with van der Waals surface area (Å²) in [6, 6.07) is 0. The molecule has 0 spiro atoms. The lowest BCUT2D eigenvalue weighted by Crippen LogP contribution is -2.39. The van der Waals surface area contributed by atoms with Crippen LogP contribution in [0.25, 0.3) is 0 Å². The Balaban J connectivity index is 4.70. The molecule has 0 aliphatic rings. The summed E-state index contributed by atoms with van der Waals surface area (Å²) in [7, 11) is -0.376. The zero-order valence-electron chi connectivity index (χ0n) is 10.0. The maximum Gasteiger partial charge on any atom is 0.320 e. The van der Waals surface area contributed by atoms with E-state index in [0.717, 1.165) is 0 Å².